The van der Waals surface area contributed by atoms with Gasteiger partial charge in [0.25, 0.3) is 5.48 Å². The molecule has 6 heteroatoms. The van der Waals surface area contributed by atoms with Gasteiger partial charge in [-0.15, -0.1) is 0 Å². The summed E-state index contributed by atoms with van der Waals surface area (Å²) >= 11 is 3.29. The van der Waals surface area contributed by atoms with Crippen molar-refractivity contribution in [2.24, 2.45) is 0 Å². The third kappa shape index (κ3) is 8.22. The molecule has 0 N–H and O–H groups in total. The molecule has 9 heavy (non-hydrogen) atoms. The molecule has 0 spiro atoms. The highest BCUT2D eigenvalue weighted by molar-refractivity contribution is 7.90. The van der Waals surface area contributed by atoms with Crippen molar-refractivity contribution in [2.75, 3.05) is 18.6 Å². The van der Waals surface area contributed by atoms with Crippen molar-refractivity contribution in [3.8, 4) is 0 Å². The molecule has 0 amide bonds. The van der Waals surface area contributed by atoms with Crippen LogP contribution >= 0.6 is 12.9 Å². The van der Waals surface area contributed by atoms with Gasteiger partial charge in [0.1, 0.15) is 5.75 Å². The Morgan fingerprint density at radius 2 is 2.22 bits per heavy atom. The van der Waals surface area contributed by atoms with Crippen LogP contribution in [-0.4, -0.2) is 27.0 Å². The summed E-state index contributed by atoms with van der Waals surface area (Å²) in [4.78, 5) is 0. The van der Waals surface area contributed by atoms with Crippen LogP contribution in [0.3, 0.4) is 0 Å². The normalized spacial score (nSPS) is 11.8. The molecule has 4 nitrogen and oxygen atoms in total. The first-order valence-corrected chi connectivity index (χ1v) is 4.64. The van der Waals surface area contributed by atoms with Gasteiger partial charge in [-0.3, -0.25) is 0 Å². The second-order valence-corrected chi connectivity index (χ2v) is 3.99. The van der Waals surface area contributed by atoms with Crippen molar-refractivity contribution in [1.29, 1.82) is 0 Å². The third-order valence-electron chi connectivity index (χ3n) is 0.611. The first-order valence-electron chi connectivity index (χ1n) is 2.21. The highest BCUT2D eigenvalue weighted by Gasteiger charge is 2.10. The predicted molar refractivity (Wildman–Crippen MR) is 36.8 cm³/mol. The van der Waals surface area contributed by atoms with Crippen molar-refractivity contribution in [2.45, 2.75) is 0 Å². The average molecular weight is 170 g/mol. The molecule has 0 saturated carbocycles. The zero-order valence-corrected chi connectivity index (χ0v) is 6.65. The molecular formula is C3H8NO3S2+. The lowest BCUT2D eigenvalue weighted by molar-refractivity contribution is 0.241. The molecule has 54 valence electrons. The summed E-state index contributed by atoms with van der Waals surface area (Å²) in [5.74, 6) is 0.00750. The molecule has 2 radical (unpaired) electrons. The van der Waals surface area contributed by atoms with Gasteiger partial charge in [-0.2, -0.15) is 0 Å². The monoisotopic (exact) mass is 170 g/mol. The fraction of sp³-hybridized carbons (Fsp3) is 1.00. The standard InChI is InChI=1S/C3H8NO3S2/c1-9(5,6)3-2-4-7-8/h8H,2-3H2,1H3/q+1. The second-order valence-electron chi connectivity index (χ2n) is 1.56. The molecule has 0 aromatic carbocycles. The van der Waals surface area contributed by atoms with Crippen LogP contribution in [0.1, 0.15) is 0 Å². The maximum absolute atomic E-state index is 10.4. The summed E-state index contributed by atoms with van der Waals surface area (Å²) in [5.41, 5.74) is 3.24. The Morgan fingerprint density at radius 3 is 2.56 bits per heavy atom. The van der Waals surface area contributed by atoms with Crippen molar-refractivity contribution < 1.29 is 12.7 Å². The van der Waals surface area contributed by atoms with Crippen LogP contribution < -0.4 is 5.48 Å². The minimum absolute atomic E-state index is 0.00750. The Balaban J connectivity index is 3.30. The van der Waals surface area contributed by atoms with Crippen molar-refractivity contribution >= 4 is 22.7 Å². The van der Waals surface area contributed by atoms with Crippen molar-refractivity contribution in [3.63, 3.8) is 0 Å². The summed E-state index contributed by atoms with van der Waals surface area (Å²) in [6.45, 7) is 0.141. The lowest BCUT2D eigenvalue weighted by Crippen LogP contribution is -2.14. The van der Waals surface area contributed by atoms with E-state index in [1.54, 1.807) is 0 Å². The van der Waals surface area contributed by atoms with Gasteiger partial charge < -0.3 is 0 Å². The molecule has 0 unspecified atom stereocenters. The summed E-state index contributed by atoms with van der Waals surface area (Å²) < 4.78 is 24.7. The zero-order chi connectivity index (χ0) is 7.33. The van der Waals surface area contributed by atoms with Gasteiger partial charge in [-0.25, -0.2) is 8.42 Å². The van der Waals surface area contributed by atoms with Gasteiger partial charge in [0, 0.05) is 6.26 Å². The number of thiol groups is 1. The lowest BCUT2D eigenvalue weighted by Gasteiger charge is -1.83. The number of hydrogen-bond donors (Lipinski definition) is 1. The SMILES string of the molecule is CS(=O)(=O)CC[N+]OS. The van der Waals surface area contributed by atoms with E-state index in [-0.39, 0.29) is 12.3 Å². The number of hydroxylamine groups is 1. The van der Waals surface area contributed by atoms with Gasteiger partial charge in [0.2, 0.25) is 6.54 Å². The van der Waals surface area contributed by atoms with E-state index in [4.69, 9.17) is 0 Å². The van der Waals surface area contributed by atoms with Crippen LogP contribution in [-0.2, 0) is 14.1 Å². The Hall–Kier alpha value is 0.220. The highest BCUT2D eigenvalue weighted by atomic mass is 32.2. The van der Waals surface area contributed by atoms with Crippen LogP contribution in [0.25, 0.3) is 0 Å². The minimum Gasteiger partial charge on any atom is -0.229 e. The minimum atomic E-state index is -2.90. The molecule has 0 aliphatic carbocycles. The molecule has 0 bridgehead atoms. The molecule has 0 fully saturated rings. The van der Waals surface area contributed by atoms with Gasteiger partial charge >= 0.3 is 0 Å². The van der Waals surface area contributed by atoms with Crippen LogP contribution in [0.4, 0.5) is 0 Å². The van der Waals surface area contributed by atoms with Crippen LogP contribution in [0.5, 0.6) is 0 Å². The quantitative estimate of drug-likeness (QED) is 0.265. The largest absolute Gasteiger partial charge is 0.279 e. The molecule has 0 aliphatic heterocycles. The Labute approximate surface area is 60.1 Å². The second kappa shape index (κ2) is 4.10. The molecular weight excluding hydrogens is 162 g/mol. The first-order chi connectivity index (χ1) is 4.06. The first kappa shape index (κ1) is 9.22. The summed E-state index contributed by atoms with van der Waals surface area (Å²) in [5, 5.41) is 0. The zero-order valence-electron chi connectivity index (χ0n) is 4.94. The highest BCUT2D eigenvalue weighted by Crippen LogP contribution is 1.81. The van der Waals surface area contributed by atoms with E-state index in [1.807, 2.05) is 0 Å². The van der Waals surface area contributed by atoms with E-state index in [9.17, 15) is 8.42 Å². The van der Waals surface area contributed by atoms with Crippen molar-refractivity contribution in [1.82, 2.24) is 5.48 Å². The third-order valence-corrected chi connectivity index (χ3v) is 1.65. The van der Waals surface area contributed by atoms with E-state index in [2.05, 4.69) is 22.7 Å². The Kier molecular flexibility index (Phi) is 4.20. The lowest BCUT2D eigenvalue weighted by atomic mass is 10.8. The molecule has 0 aliphatic rings. The smallest absolute Gasteiger partial charge is 0.229 e. The molecule has 0 atom stereocenters. The van der Waals surface area contributed by atoms with Crippen LogP contribution in [0.15, 0.2) is 0 Å². The van der Waals surface area contributed by atoms with E-state index in [0.29, 0.717) is 0 Å². The maximum atomic E-state index is 10.4. The van der Waals surface area contributed by atoms with Crippen LogP contribution in [0, 0.1) is 0 Å². The molecule has 0 aromatic heterocycles. The number of hydrogen-bond acceptors (Lipinski definition) is 4. The van der Waals surface area contributed by atoms with Gasteiger partial charge in [0.15, 0.2) is 9.84 Å². The number of rotatable bonds is 4. The average Bonchev–Trinajstić information content (AvgIpc) is 1.63. The molecule has 0 saturated heterocycles. The summed E-state index contributed by atoms with van der Waals surface area (Å²) in [6.07, 6.45) is 1.14. The molecule has 0 rings (SSSR count). The van der Waals surface area contributed by atoms with E-state index in [1.165, 1.54) is 0 Å². The molecule has 0 heterocycles. The fourth-order valence-corrected chi connectivity index (χ4v) is 0.732. The maximum Gasteiger partial charge on any atom is 0.279 e. The van der Waals surface area contributed by atoms with Gasteiger partial charge in [-0.05, 0) is 4.28 Å². The fourth-order valence-electron chi connectivity index (χ4n) is 0.244. The van der Waals surface area contributed by atoms with E-state index in [0.717, 1.165) is 6.26 Å². The van der Waals surface area contributed by atoms with E-state index < -0.39 is 9.84 Å². The van der Waals surface area contributed by atoms with Gasteiger partial charge in [-0.1, -0.05) is 0 Å². The summed E-state index contributed by atoms with van der Waals surface area (Å²) in [6, 6.07) is 0. The van der Waals surface area contributed by atoms with Crippen molar-refractivity contribution in [3.05, 3.63) is 0 Å². The topological polar surface area (TPSA) is 57.5 Å². The van der Waals surface area contributed by atoms with Gasteiger partial charge in [0.05, 0.1) is 12.9 Å². The number of sulfone groups is 1. The predicted octanol–water partition coefficient (Wildman–Crippen LogP) is -0.588. The number of nitrogens with zero attached hydrogens (tertiary/aromatic N) is 1. The summed E-state index contributed by atoms with van der Waals surface area (Å²) in [7, 11) is -2.90. The van der Waals surface area contributed by atoms with Crippen LogP contribution in [0.2, 0.25) is 0 Å². The van der Waals surface area contributed by atoms with E-state index >= 15 is 0 Å². The Morgan fingerprint density at radius 1 is 1.67 bits per heavy atom. The molecule has 0 aromatic rings. The Bertz CT molecular complexity index is 152.